The smallest absolute Gasteiger partial charge is 0.253 e. The van der Waals surface area contributed by atoms with Crippen LogP contribution >= 0.6 is 0 Å². The van der Waals surface area contributed by atoms with Crippen molar-refractivity contribution < 1.29 is 9.53 Å². The highest BCUT2D eigenvalue weighted by atomic mass is 16.5. The van der Waals surface area contributed by atoms with Gasteiger partial charge >= 0.3 is 0 Å². The summed E-state index contributed by atoms with van der Waals surface area (Å²) in [6.45, 7) is 12.7. The van der Waals surface area contributed by atoms with E-state index in [9.17, 15) is 9.59 Å². The molecule has 0 atom stereocenters. The van der Waals surface area contributed by atoms with Crippen LogP contribution in [0.15, 0.2) is 23.0 Å². The van der Waals surface area contributed by atoms with E-state index in [1.54, 1.807) is 0 Å². The third-order valence-electron chi connectivity index (χ3n) is 6.29. The molecule has 168 valence electrons. The number of ether oxygens (including phenoxy) is 1. The zero-order valence-electron chi connectivity index (χ0n) is 19.4. The maximum atomic E-state index is 13.2. The third-order valence-corrected chi connectivity index (χ3v) is 6.29. The minimum atomic E-state index is -0.144. The summed E-state index contributed by atoms with van der Waals surface area (Å²) in [6, 6.07) is 6.56. The molecule has 0 aliphatic carbocycles. The van der Waals surface area contributed by atoms with Gasteiger partial charge in [-0.25, -0.2) is 0 Å². The number of aromatic nitrogens is 1. The lowest BCUT2D eigenvalue weighted by molar-refractivity contribution is 0.0845. The van der Waals surface area contributed by atoms with E-state index in [1.807, 2.05) is 32.9 Å². The predicted molar refractivity (Wildman–Crippen MR) is 125 cm³/mol. The first-order chi connectivity index (χ1) is 14.8. The van der Waals surface area contributed by atoms with Crippen molar-refractivity contribution in [3.05, 3.63) is 62.1 Å². The SMILES string of the molecule is CCc1cc(C(=O)NCc2c(C)cc(C)[nH]c2=O)c(C)c(N(CC)C2CCOCC2)c1. The monoisotopic (exact) mass is 425 g/mol. The Morgan fingerprint density at radius 1 is 1.16 bits per heavy atom. The molecule has 1 aromatic carbocycles. The number of carbonyl (C=O) groups is 1. The molecule has 0 saturated carbocycles. The number of carbonyl (C=O) groups excluding carboxylic acids is 1. The van der Waals surface area contributed by atoms with Crippen LogP contribution in [0.4, 0.5) is 5.69 Å². The van der Waals surface area contributed by atoms with Crippen LogP contribution < -0.4 is 15.8 Å². The van der Waals surface area contributed by atoms with Gasteiger partial charge in [0, 0.05) is 54.9 Å². The summed E-state index contributed by atoms with van der Waals surface area (Å²) in [5, 5.41) is 2.97. The van der Waals surface area contributed by atoms with Crippen molar-refractivity contribution in [2.75, 3.05) is 24.7 Å². The number of aryl methyl sites for hydroxylation is 3. The number of hydrogen-bond acceptors (Lipinski definition) is 4. The average molecular weight is 426 g/mol. The summed E-state index contributed by atoms with van der Waals surface area (Å²) in [5.41, 5.74) is 6.09. The van der Waals surface area contributed by atoms with Gasteiger partial charge in [-0.2, -0.15) is 0 Å². The number of nitrogens with one attached hydrogen (secondary N) is 2. The van der Waals surface area contributed by atoms with E-state index in [2.05, 4.69) is 35.1 Å². The van der Waals surface area contributed by atoms with Crippen LogP contribution in [0.5, 0.6) is 0 Å². The summed E-state index contributed by atoms with van der Waals surface area (Å²) in [5.74, 6) is -0.142. The molecule has 0 radical (unpaired) electrons. The number of rotatable bonds is 7. The van der Waals surface area contributed by atoms with Crippen LogP contribution in [0.25, 0.3) is 0 Å². The number of amides is 1. The summed E-state index contributed by atoms with van der Waals surface area (Å²) in [7, 11) is 0. The Hall–Kier alpha value is -2.60. The first-order valence-electron chi connectivity index (χ1n) is 11.3. The largest absolute Gasteiger partial charge is 0.381 e. The highest BCUT2D eigenvalue weighted by molar-refractivity contribution is 5.97. The molecule has 1 saturated heterocycles. The van der Waals surface area contributed by atoms with Gasteiger partial charge in [0.15, 0.2) is 0 Å². The fraction of sp³-hybridized carbons (Fsp3) is 0.520. The fourth-order valence-electron chi connectivity index (χ4n) is 4.48. The molecule has 6 heteroatoms. The Kier molecular flexibility index (Phi) is 7.55. The summed E-state index contributed by atoms with van der Waals surface area (Å²) >= 11 is 0. The second-order valence-electron chi connectivity index (χ2n) is 8.40. The first kappa shape index (κ1) is 23.1. The quantitative estimate of drug-likeness (QED) is 0.708. The van der Waals surface area contributed by atoms with Crippen molar-refractivity contribution in [1.82, 2.24) is 10.3 Å². The number of aromatic amines is 1. The summed E-state index contributed by atoms with van der Waals surface area (Å²) in [4.78, 5) is 30.7. The summed E-state index contributed by atoms with van der Waals surface area (Å²) < 4.78 is 5.55. The maximum Gasteiger partial charge on any atom is 0.253 e. The van der Waals surface area contributed by atoms with Gasteiger partial charge in [-0.15, -0.1) is 0 Å². The first-order valence-corrected chi connectivity index (χ1v) is 11.3. The van der Waals surface area contributed by atoms with Crippen LogP contribution in [-0.4, -0.2) is 36.7 Å². The molecule has 31 heavy (non-hydrogen) atoms. The topological polar surface area (TPSA) is 74.4 Å². The predicted octanol–water partition coefficient (Wildman–Crippen LogP) is 3.80. The minimum Gasteiger partial charge on any atom is -0.381 e. The van der Waals surface area contributed by atoms with Gasteiger partial charge in [-0.05, 0) is 81.8 Å². The van der Waals surface area contributed by atoms with Crippen molar-refractivity contribution >= 4 is 11.6 Å². The summed E-state index contributed by atoms with van der Waals surface area (Å²) in [6.07, 6.45) is 2.86. The Bertz CT molecular complexity index is 990. The number of benzene rings is 1. The van der Waals surface area contributed by atoms with Gasteiger partial charge in [0.25, 0.3) is 11.5 Å². The molecular weight excluding hydrogens is 390 g/mol. The normalized spacial score (nSPS) is 14.5. The number of pyridine rings is 1. The Morgan fingerprint density at radius 2 is 1.87 bits per heavy atom. The second-order valence-corrected chi connectivity index (χ2v) is 8.40. The van der Waals surface area contributed by atoms with Gasteiger partial charge in [-0.3, -0.25) is 9.59 Å². The lowest BCUT2D eigenvalue weighted by Crippen LogP contribution is -2.40. The fourth-order valence-corrected chi connectivity index (χ4v) is 4.48. The van der Waals surface area contributed by atoms with E-state index in [4.69, 9.17) is 4.74 Å². The van der Waals surface area contributed by atoms with E-state index >= 15 is 0 Å². The van der Waals surface area contributed by atoms with Crippen LogP contribution in [-0.2, 0) is 17.7 Å². The number of hydrogen-bond donors (Lipinski definition) is 2. The molecule has 1 aliphatic heterocycles. The molecule has 1 aliphatic rings. The standard InChI is InChI=1S/C25H35N3O3/c1-6-19-13-21(24(29)26-15-22-16(3)12-17(4)27-25(22)30)18(5)23(14-19)28(7-2)20-8-10-31-11-9-20/h12-14,20H,6-11,15H2,1-5H3,(H,26,29)(H,27,30). The number of H-pyrrole nitrogens is 1. The Balaban J connectivity index is 1.89. The average Bonchev–Trinajstić information content (AvgIpc) is 2.75. The molecule has 1 amide bonds. The molecule has 0 unspecified atom stereocenters. The van der Waals surface area contributed by atoms with E-state index in [0.29, 0.717) is 17.2 Å². The van der Waals surface area contributed by atoms with E-state index in [-0.39, 0.29) is 18.0 Å². The zero-order chi connectivity index (χ0) is 22.5. The molecule has 6 nitrogen and oxygen atoms in total. The van der Waals surface area contributed by atoms with Crippen molar-refractivity contribution in [1.29, 1.82) is 0 Å². The Labute approximate surface area is 185 Å². The molecule has 3 rings (SSSR count). The maximum absolute atomic E-state index is 13.2. The molecular formula is C25H35N3O3. The van der Waals surface area contributed by atoms with Crippen molar-refractivity contribution in [2.24, 2.45) is 0 Å². The highest BCUT2D eigenvalue weighted by Crippen LogP contribution is 2.30. The lowest BCUT2D eigenvalue weighted by Gasteiger charge is -2.37. The third kappa shape index (κ3) is 5.18. The molecule has 1 fully saturated rings. The molecule has 2 heterocycles. The van der Waals surface area contributed by atoms with Crippen LogP contribution in [0.3, 0.4) is 0 Å². The Morgan fingerprint density at radius 3 is 2.48 bits per heavy atom. The van der Waals surface area contributed by atoms with Gasteiger partial charge in [0.2, 0.25) is 0 Å². The molecule has 0 bridgehead atoms. The van der Waals surface area contributed by atoms with Crippen molar-refractivity contribution in [2.45, 2.75) is 66.5 Å². The van der Waals surface area contributed by atoms with Crippen molar-refractivity contribution in [3.8, 4) is 0 Å². The van der Waals surface area contributed by atoms with Gasteiger partial charge in [-0.1, -0.05) is 6.92 Å². The minimum absolute atomic E-state index is 0.142. The van der Waals surface area contributed by atoms with Gasteiger partial charge < -0.3 is 19.9 Å². The zero-order valence-corrected chi connectivity index (χ0v) is 19.4. The lowest BCUT2D eigenvalue weighted by atomic mass is 9.97. The van der Waals surface area contributed by atoms with Gasteiger partial charge in [0.1, 0.15) is 0 Å². The second kappa shape index (κ2) is 10.1. The van der Waals surface area contributed by atoms with E-state index < -0.39 is 0 Å². The van der Waals surface area contributed by atoms with E-state index in [0.717, 1.165) is 67.1 Å². The van der Waals surface area contributed by atoms with E-state index in [1.165, 1.54) is 0 Å². The molecule has 1 aromatic heterocycles. The molecule has 2 aromatic rings. The molecule has 2 N–H and O–H groups in total. The number of nitrogens with zero attached hydrogens (tertiary/aromatic N) is 1. The van der Waals surface area contributed by atoms with Crippen molar-refractivity contribution in [3.63, 3.8) is 0 Å². The number of anilines is 1. The molecule has 0 spiro atoms. The van der Waals surface area contributed by atoms with Crippen LogP contribution in [0.1, 0.15) is 65.0 Å². The van der Waals surface area contributed by atoms with Gasteiger partial charge in [0.05, 0.1) is 0 Å². The highest BCUT2D eigenvalue weighted by Gasteiger charge is 2.24. The van der Waals surface area contributed by atoms with Crippen LogP contribution in [0.2, 0.25) is 0 Å². The van der Waals surface area contributed by atoms with Crippen LogP contribution in [0, 0.1) is 20.8 Å².